The lowest BCUT2D eigenvalue weighted by molar-refractivity contribution is -0.122. The largest absolute Gasteiger partial charge is 0.388 e. The Balaban J connectivity index is 1.62. The predicted octanol–water partition coefficient (Wildman–Crippen LogP) is 1.86. The van der Waals surface area contributed by atoms with E-state index in [4.69, 9.17) is 9.97 Å². The number of aliphatic hydroxyl groups excluding tert-OH is 2. The SMILES string of the molecule is CCC(=O)NC1CC(n2cnc3c(NC(CC)CC)nc(NCCc4cn(CC)cn4)nc32)C(O)C1O. The van der Waals surface area contributed by atoms with Crippen molar-refractivity contribution in [2.45, 2.75) is 96.7 Å². The third-order valence-electron chi connectivity index (χ3n) is 7.14. The third kappa shape index (κ3) is 5.85. The number of carbonyl (C=O) groups excluding carboxylic acids is 1. The first-order chi connectivity index (χ1) is 17.9. The number of hydrogen-bond donors (Lipinski definition) is 5. The van der Waals surface area contributed by atoms with Crippen molar-refractivity contribution >= 4 is 28.8 Å². The van der Waals surface area contributed by atoms with Gasteiger partial charge in [0.1, 0.15) is 12.2 Å². The number of carbonyl (C=O) groups is 1. The number of hydrogen-bond acceptors (Lipinski definition) is 9. The summed E-state index contributed by atoms with van der Waals surface area (Å²) in [4.78, 5) is 30.4. The van der Waals surface area contributed by atoms with E-state index in [0.717, 1.165) is 31.5 Å². The van der Waals surface area contributed by atoms with Crippen LogP contribution in [0.1, 0.15) is 65.1 Å². The van der Waals surface area contributed by atoms with Crippen molar-refractivity contribution in [1.82, 2.24) is 34.4 Å². The summed E-state index contributed by atoms with van der Waals surface area (Å²) in [6, 6.07) is -0.819. The normalized spacial score (nSPS) is 21.6. The summed E-state index contributed by atoms with van der Waals surface area (Å²) in [6.07, 6.45) is 6.57. The van der Waals surface area contributed by atoms with E-state index in [1.54, 1.807) is 17.8 Å². The van der Waals surface area contributed by atoms with Crippen molar-refractivity contribution < 1.29 is 15.0 Å². The average molecular weight is 514 g/mol. The topological polar surface area (TPSA) is 155 Å². The molecule has 37 heavy (non-hydrogen) atoms. The van der Waals surface area contributed by atoms with E-state index in [0.29, 0.717) is 42.3 Å². The van der Waals surface area contributed by atoms with Gasteiger partial charge in [-0.25, -0.2) is 9.97 Å². The number of nitrogens with one attached hydrogen (secondary N) is 3. The monoisotopic (exact) mass is 513 g/mol. The Morgan fingerprint density at radius 1 is 1.11 bits per heavy atom. The molecule has 0 radical (unpaired) electrons. The molecule has 1 aliphatic carbocycles. The summed E-state index contributed by atoms with van der Waals surface area (Å²) in [5.41, 5.74) is 2.14. The van der Waals surface area contributed by atoms with Crippen LogP contribution in [-0.4, -0.2) is 76.0 Å². The number of imidazole rings is 2. The molecule has 1 amide bonds. The van der Waals surface area contributed by atoms with Crippen molar-refractivity contribution in [3.8, 4) is 0 Å². The van der Waals surface area contributed by atoms with Crippen molar-refractivity contribution in [2.75, 3.05) is 17.2 Å². The molecular weight excluding hydrogens is 474 g/mol. The molecule has 4 rings (SSSR count). The van der Waals surface area contributed by atoms with E-state index >= 15 is 0 Å². The van der Waals surface area contributed by atoms with Gasteiger partial charge in [-0.2, -0.15) is 9.97 Å². The lowest BCUT2D eigenvalue weighted by atomic mass is 10.2. The van der Waals surface area contributed by atoms with E-state index in [2.05, 4.69) is 46.7 Å². The molecule has 3 aromatic heterocycles. The lowest BCUT2D eigenvalue weighted by Crippen LogP contribution is -2.42. The van der Waals surface area contributed by atoms with Gasteiger partial charge in [-0.05, 0) is 26.2 Å². The summed E-state index contributed by atoms with van der Waals surface area (Å²) >= 11 is 0. The molecule has 12 nitrogen and oxygen atoms in total. The molecule has 0 aromatic carbocycles. The first-order valence-electron chi connectivity index (χ1n) is 13.3. The first kappa shape index (κ1) is 26.8. The van der Waals surface area contributed by atoms with Crippen LogP contribution in [0.25, 0.3) is 11.2 Å². The summed E-state index contributed by atoms with van der Waals surface area (Å²) in [5.74, 6) is 0.905. The number of aromatic nitrogens is 6. The lowest BCUT2D eigenvalue weighted by Gasteiger charge is -2.19. The highest BCUT2D eigenvalue weighted by atomic mass is 16.3. The van der Waals surface area contributed by atoms with Gasteiger partial charge in [0.15, 0.2) is 17.0 Å². The van der Waals surface area contributed by atoms with Gasteiger partial charge in [0, 0.05) is 38.2 Å². The maximum atomic E-state index is 11.9. The van der Waals surface area contributed by atoms with Crippen LogP contribution in [0.3, 0.4) is 0 Å². The Bertz CT molecular complexity index is 1190. The van der Waals surface area contributed by atoms with Gasteiger partial charge in [-0.15, -0.1) is 0 Å². The summed E-state index contributed by atoms with van der Waals surface area (Å²) in [6.45, 7) is 9.54. The fourth-order valence-electron chi connectivity index (χ4n) is 4.77. The highest BCUT2D eigenvalue weighted by Gasteiger charge is 2.43. The second-order valence-corrected chi connectivity index (χ2v) is 9.56. The van der Waals surface area contributed by atoms with Gasteiger partial charge in [-0.3, -0.25) is 4.79 Å². The summed E-state index contributed by atoms with van der Waals surface area (Å²) in [7, 11) is 0. The molecule has 3 aromatic rings. The van der Waals surface area contributed by atoms with Crippen LogP contribution in [0.5, 0.6) is 0 Å². The van der Waals surface area contributed by atoms with Crippen molar-refractivity contribution in [1.29, 1.82) is 0 Å². The minimum absolute atomic E-state index is 0.165. The molecule has 0 saturated heterocycles. The zero-order valence-corrected chi connectivity index (χ0v) is 22.1. The molecule has 4 atom stereocenters. The second-order valence-electron chi connectivity index (χ2n) is 9.56. The van der Waals surface area contributed by atoms with E-state index in [1.165, 1.54) is 0 Å². The molecule has 1 fully saturated rings. The van der Waals surface area contributed by atoms with Gasteiger partial charge >= 0.3 is 0 Å². The van der Waals surface area contributed by atoms with Gasteiger partial charge < -0.3 is 35.3 Å². The standard InChI is InChI=1S/C25H39N9O3/c1-5-15(6-2)29-23-20-24(32-25(31-23)26-10-9-16-12-33(8-4)13-27-16)34(14-28-20)18-11-17(21(36)22(18)37)30-19(35)7-3/h12-15,17-18,21-22,36-37H,5-11H2,1-4H3,(H,30,35)(H2,26,29,31,32). The van der Waals surface area contributed by atoms with E-state index < -0.39 is 24.3 Å². The molecule has 1 aliphatic rings. The van der Waals surface area contributed by atoms with Crippen LogP contribution in [-0.2, 0) is 17.8 Å². The smallest absolute Gasteiger partial charge is 0.226 e. The Kier molecular flexibility index (Phi) is 8.59. The number of aliphatic hydroxyl groups is 2. The van der Waals surface area contributed by atoms with E-state index in [9.17, 15) is 15.0 Å². The Hall–Kier alpha value is -3.25. The van der Waals surface area contributed by atoms with Crippen LogP contribution in [0, 0.1) is 0 Å². The molecule has 1 saturated carbocycles. The van der Waals surface area contributed by atoms with Gasteiger partial charge in [0.05, 0.1) is 30.4 Å². The molecule has 4 unspecified atom stereocenters. The third-order valence-corrected chi connectivity index (χ3v) is 7.14. The Morgan fingerprint density at radius 2 is 1.89 bits per heavy atom. The van der Waals surface area contributed by atoms with Gasteiger partial charge in [0.25, 0.3) is 0 Å². The fraction of sp³-hybridized carbons (Fsp3) is 0.640. The number of anilines is 2. The van der Waals surface area contributed by atoms with Crippen molar-refractivity contribution in [3.05, 3.63) is 24.5 Å². The number of rotatable bonds is 12. The van der Waals surface area contributed by atoms with Gasteiger partial charge in [0.2, 0.25) is 11.9 Å². The molecule has 0 aliphatic heterocycles. The number of nitrogens with zero attached hydrogens (tertiary/aromatic N) is 6. The van der Waals surface area contributed by atoms with E-state index in [-0.39, 0.29) is 11.9 Å². The molecular formula is C25H39N9O3. The van der Waals surface area contributed by atoms with Crippen molar-refractivity contribution in [3.63, 3.8) is 0 Å². The quantitative estimate of drug-likeness (QED) is 0.244. The molecule has 0 spiro atoms. The van der Waals surface area contributed by atoms with Crippen molar-refractivity contribution in [2.24, 2.45) is 0 Å². The minimum atomic E-state index is -1.08. The number of aryl methyl sites for hydroxylation is 1. The van der Waals surface area contributed by atoms with Gasteiger partial charge in [-0.1, -0.05) is 20.8 Å². The van der Waals surface area contributed by atoms with Crippen LogP contribution >= 0.6 is 0 Å². The predicted molar refractivity (Wildman–Crippen MR) is 141 cm³/mol. The fourth-order valence-corrected chi connectivity index (χ4v) is 4.77. The minimum Gasteiger partial charge on any atom is -0.388 e. The molecule has 202 valence electrons. The van der Waals surface area contributed by atoms with Crippen LogP contribution in [0.15, 0.2) is 18.9 Å². The summed E-state index contributed by atoms with van der Waals surface area (Å²) < 4.78 is 3.82. The molecule has 3 heterocycles. The maximum absolute atomic E-state index is 11.9. The number of amides is 1. The maximum Gasteiger partial charge on any atom is 0.226 e. The van der Waals surface area contributed by atoms with Crippen LogP contribution in [0.2, 0.25) is 0 Å². The highest BCUT2D eigenvalue weighted by molar-refractivity contribution is 5.84. The second kappa shape index (κ2) is 11.9. The molecule has 5 N–H and O–H groups in total. The number of fused-ring (bicyclic) bond motifs is 1. The molecule has 12 heteroatoms. The Labute approximate surface area is 216 Å². The summed E-state index contributed by atoms with van der Waals surface area (Å²) in [5, 5.41) is 31.1. The average Bonchev–Trinajstić information content (AvgIpc) is 3.61. The zero-order chi connectivity index (χ0) is 26.5. The highest BCUT2D eigenvalue weighted by Crippen LogP contribution is 2.34. The van der Waals surface area contributed by atoms with E-state index in [1.807, 2.05) is 17.1 Å². The first-order valence-corrected chi connectivity index (χ1v) is 13.3. The van der Waals surface area contributed by atoms with Crippen LogP contribution in [0.4, 0.5) is 11.8 Å². The molecule has 0 bridgehead atoms. The Morgan fingerprint density at radius 3 is 2.57 bits per heavy atom. The zero-order valence-electron chi connectivity index (χ0n) is 22.1. The van der Waals surface area contributed by atoms with Crippen LogP contribution < -0.4 is 16.0 Å².